The fourth-order valence-electron chi connectivity index (χ4n) is 3.16. The SMILES string of the molecule is COc1ccc(NC(=O)COC(=O)c2ccc3c(c2)CCCC3)c([N+](=O)[O-])c1. The molecule has 1 amide bonds. The molecular weight excluding hydrogens is 364 g/mol. The number of fused-ring (bicyclic) bond motifs is 1. The van der Waals surface area contributed by atoms with E-state index in [0.717, 1.165) is 31.2 Å². The third-order valence-electron chi connectivity index (χ3n) is 4.59. The molecule has 0 atom stereocenters. The fraction of sp³-hybridized carbons (Fsp3) is 0.300. The Morgan fingerprint density at radius 2 is 1.86 bits per heavy atom. The summed E-state index contributed by atoms with van der Waals surface area (Å²) in [5, 5.41) is 13.5. The number of anilines is 1. The van der Waals surface area contributed by atoms with Gasteiger partial charge in [0.25, 0.3) is 11.6 Å². The summed E-state index contributed by atoms with van der Waals surface area (Å²) in [6.45, 7) is -0.543. The number of ether oxygens (including phenoxy) is 2. The van der Waals surface area contributed by atoms with Crippen LogP contribution in [-0.2, 0) is 22.4 Å². The van der Waals surface area contributed by atoms with Crippen LogP contribution >= 0.6 is 0 Å². The summed E-state index contributed by atoms with van der Waals surface area (Å²) >= 11 is 0. The van der Waals surface area contributed by atoms with Gasteiger partial charge in [0.05, 0.1) is 23.7 Å². The highest BCUT2D eigenvalue weighted by Gasteiger charge is 2.19. The van der Waals surface area contributed by atoms with Crippen LogP contribution in [0.3, 0.4) is 0 Å². The van der Waals surface area contributed by atoms with Gasteiger partial charge >= 0.3 is 5.97 Å². The minimum absolute atomic E-state index is 0.000583. The first-order valence-electron chi connectivity index (χ1n) is 8.89. The van der Waals surface area contributed by atoms with Crippen molar-refractivity contribution in [3.05, 3.63) is 63.2 Å². The van der Waals surface area contributed by atoms with E-state index in [-0.39, 0.29) is 11.4 Å². The number of nitro benzene ring substituents is 1. The van der Waals surface area contributed by atoms with E-state index in [1.54, 1.807) is 6.07 Å². The van der Waals surface area contributed by atoms with Crippen LogP contribution < -0.4 is 10.1 Å². The number of benzene rings is 2. The molecule has 2 aromatic carbocycles. The first-order chi connectivity index (χ1) is 13.5. The zero-order valence-electron chi connectivity index (χ0n) is 15.4. The van der Waals surface area contributed by atoms with Gasteiger partial charge in [0.2, 0.25) is 0 Å². The highest BCUT2D eigenvalue weighted by atomic mass is 16.6. The van der Waals surface area contributed by atoms with Crippen LogP contribution in [0, 0.1) is 10.1 Å². The summed E-state index contributed by atoms with van der Waals surface area (Å²) in [6, 6.07) is 9.48. The van der Waals surface area contributed by atoms with E-state index in [4.69, 9.17) is 9.47 Å². The van der Waals surface area contributed by atoms with Crippen LogP contribution in [-0.4, -0.2) is 30.5 Å². The molecule has 0 radical (unpaired) electrons. The number of nitro groups is 1. The van der Waals surface area contributed by atoms with E-state index in [1.165, 1.54) is 30.9 Å². The largest absolute Gasteiger partial charge is 0.496 e. The number of methoxy groups -OCH3 is 1. The van der Waals surface area contributed by atoms with Gasteiger partial charge in [-0.3, -0.25) is 14.9 Å². The molecule has 1 aliphatic rings. The average Bonchev–Trinajstić information content (AvgIpc) is 2.71. The van der Waals surface area contributed by atoms with Crippen molar-refractivity contribution in [1.29, 1.82) is 0 Å². The molecule has 0 saturated carbocycles. The highest BCUT2D eigenvalue weighted by molar-refractivity contribution is 5.97. The number of hydrogen-bond donors (Lipinski definition) is 1. The minimum atomic E-state index is -0.667. The zero-order chi connectivity index (χ0) is 20.1. The number of aryl methyl sites for hydroxylation is 2. The van der Waals surface area contributed by atoms with E-state index >= 15 is 0 Å². The lowest BCUT2D eigenvalue weighted by Crippen LogP contribution is -2.21. The number of rotatable bonds is 6. The second-order valence-electron chi connectivity index (χ2n) is 6.46. The van der Waals surface area contributed by atoms with Gasteiger partial charge in [-0.25, -0.2) is 4.79 Å². The Bertz CT molecular complexity index is 925. The third kappa shape index (κ3) is 4.46. The van der Waals surface area contributed by atoms with Crippen LogP contribution in [0.25, 0.3) is 0 Å². The van der Waals surface area contributed by atoms with Gasteiger partial charge in [0.15, 0.2) is 6.61 Å². The number of hydrogen-bond acceptors (Lipinski definition) is 6. The molecular formula is C20H20N2O6. The zero-order valence-corrected chi connectivity index (χ0v) is 15.4. The van der Waals surface area contributed by atoms with E-state index in [0.29, 0.717) is 11.3 Å². The van der Waals surface area contributed by atoms with Crippen molar-refractivity contribution in [2.45, 2.75) is 25.7 Å². The number of amides is 1. The van der Waals surface area contributed by atoms with Gasteiger partial charge in [-0.05, 0) is 61.1 Å². The standard InChI is InChI=1S/C20H20N2O6/c1-27-16-8-9-17(18(11-16)22(25)26)21-19(23)12-28-20(24)15-7-6-13-4-2-3-5-14(13)10-15/h6-11H,2-5,12H2,1H3,(H,21,23). The summed E-state index contributed by atoms with van der Waals surface area (Å²) in [4.78, 5) is 34.8. The molecule has 1 N–H and O–H groups in total. The molecule has 0 fully saturated rings. The normalized spacial score (nSPS) is 12.6. The van der Waals surface area contributed by atoms with Gasteiger partial charge in [-0.1, -0.05) is 6.07 Å². The highest BCUT2D eigenvalue weighted by Crippen LogP contribution is 2.29. The third-order valence-corrected chi connectivity index (χ3v) is 4.59. The maximum atomic E-state index is 12.2. The summed E-state index contributed by atoms with van der Waals surface area (Å²) in [7, 11) is 1.39. The number of esters is 1. The summed E-state index contributed by atoms with van der Waals surface area (Å²) < 4.78 is 10.00. The molecule has 0 heterocycles. The maximum Gasteiger partial charge on any atom is 0.338 e. The molecule has 0 aromatic heterocycles. The molecule has 8 nitrogen and oxygen atoms in total. The van der Waals surface area contributed by atoms with Crippen molar-refractivity contribution in [2.75, 3.05) is 19.0 Å². The number of nitrogens with zero attached hydrogens (tertiary/aromatic N) is 1. The van der Waals surface area contributed by atoms with Crippen LogP contribution in [0.15, 0.2) is 36.4 Å². The van der Waals surface area contributed by atoms with Crippen molar-refractivity contribution < 1.29 is 24.0 Å². The van der Waals surface area contributed by atoms with Crippen molar-refractivity contribution in [3.8, 4) is 5.75 Å². The Kier molecular flexibility index (Phi) is 5.88. The van der Waals surface area contributed by atoms with Crippen LogP contribution in [0.1, 0.15) is 34.3 Å². The molecule has 8 heteroatoms. The Morgan fingerprint density at radius 3 is 2.57 bits per heavy atom. The van der Waals surface area contributed by atoms with E-state index in [1.807, 2.05) is 12.1 Å². The summed E-state index contributed by atoms with van der Waals surface area (Å²) in [6.07, 6.45) is 4.18. The summed E-state index contributed by atoms with van der Waals surface area (Å²) in [5.41, 5.74) is 2.46. The van der Waals surface area contributed by atoms with Crippen molar-refractivity contribution >= 4 is 23.3 Å². The molecule has 28 heavy (non-hydrogen) atoms. The molecule has 0 saturated heterocycles. The first kappa shape index (κ1) is 19.3. The van der Waals surface area contributed by atoms with Crippen LogP contribution in [0.4, 0.5) is 11.4 Å². The topological polar surface area (TPSA) is 108 Å². The van der Waals surface area contributed by atoms with Crippen LogP contribution in [0.2, 0.25) is 0 Å². The predicted molar refractivity (Wildman–Crippen MR) is 102 cm³/mol. The lowest BCUT2D eigenvalue weighted by atomic mass is 9.90. The van der Waals surface area contributed by atoms with E-state index < -0.39 is 23.4 Å². The molecule has 3 rings (SSSR count). The molecule has 146 valence electrons. The fourth-order valence-corrected chi connectivity index (χ4v) is 3.16. The number of carbonyl (C=O) groups excluding carboxylic acids is 2. The van der Waals surface area contributed by atoms with Crippen molar-refractivity contribution in [2.24, 2.45) is 0 Å². The Balaban J connectivity index is 1.61. The van der Waals surface area contributed by atoms with Gasteiger partial charge in [0.1, 0.15) is 11.4 Å². The summed E-state index contributed by atoms with van der Waals surface area (Å²) in [5.74, 6) is -0.976. The monoisotopic (exact) mass is 384 g/mol. The Labute approximate surface area is 161 Å². The smallest absolute Gasteiger partial charge is 0.338 e. The second-order valence-corrected chi connectivity index (χ2v) is 6.46. The van der Waals surface area contributed by atoms with Gasteiger partial charge in [-0.2, -0.15) is 0 Å². The number of carbonyl (C=O) groups is 2. The molecule has 0 aliphatic heterocycles. The maximum absolute atomic E-state index is 12.2. The molecule has 0 bridgehead atoms. The van der Waals surface area contributed by atoms with Crippen molar-refractivity contribution in [1.82, 2.24) is 0 Å². The second kappa shape index (κ2) is 8.51. The van der Waals surface area contributed by atoms with Crippen LogP contribution in [0.5, 0.6) is 5.75 Å². The van der Waals surface area contributed by atoms with Crippen molar-refractivity contribution in [3.63, 3.8) is 0 Å². The number of nitrogens with one attached hydrogen (secondary N) is 1. The first-order valence-corrected chi connectivity index (χ1v) is 8.89. The lowest BCUT2D eigenvalue weighted by molar-refractivity contribution is -0.384. The van der Waals surface area contributed by atoms with Gasteiger partial charge < -0.3 is 14.8 Å². The quantitative estimate of drug-likeness (QED) is 0.465. The Hall–Kier alpha value is -3.42. The average molecular weight is 384 g/mol. The van der Waals surface area contributed by atoms with Gasteiger partial charge in [-0.15, -0.1) is 0 Å². The lowest BCUT2D eigenvalue weighted by Gasteiger charge is -2.16. The minimum Gasteiger partial charge on any atom is -0.496 e. The van der Waals surface area contributed by atoms with Gasteiger partial charge in [0, 0.05) is 0 Å². The molecule has 2 aromatic rings. The molecule has 1 aliphatic carbocycles. The molecule has 0 spiro atoms. The Morgan fingerprint density at radius 1 is 1.11 bits per heavy atom. The molecule has 0 unspecified atom stereocenters. The predicted octanol–water partition coefficient (Wildman–Crippen LogP) is 3.28. The van der Waals surface area contributed by atoms with E-state index in [2.05, 4.69) is 5.32 Å². The van der Waals surface area contributed by atoms with E-state index in [9.17, 15) is 19.7 Å².